The van der Waals surface area contributed by atoms with E-state index in [4.69, 9.17) is 9.47 Å². The standard InChI is InChI=1S/C12H21NO3/c1-11(2,3)16-10(14)13-6-5-9(7-13)12(4)8-15-12/h9H,5-8H2,1-4H3. The highest BCUT2D eigenvalue weighted by molar-refractivity contribution is 5.68. The Labute approximate surface area is 96.9 Å². The maximum absolute atomic E-state index is 11.8. The molecule has 2 atom stereocenters. The van der Waals surface area contributed by atoms with Gasteiger partial charge in [0.25, 0.3) is 0 Å². The molecule has 92 valence electrons. The molecule has 2 heterocycles. The van der Waals surface area contributed by atoms with Gasteiger partial charge in [0.15, 0.2) is 0 Å². The highest BCUT2D eigenvalue weighted by Gasteiger charge is 2.50. The lowest BCUT2D eigenvalue weighted by atomic mass is 9.94. The van der Waals surface area contributed by atoms with Crippen molar-refractivity contribution in [3.63, 3.8) is 0 Å². The number of hydrogen-bond acceptors (Lipinski definition) is 3. The zero-order chi connectivity index (χ0) is 12.0. The topological polar surface area (TPSA) is 42.1 Å². The van der Waals surface area contributed by atoms with Crippen molar-refractivity contribution in [2.24, 2.45) is 5.92 Å². The van der Waals surface area contributed by atoms with E-state index in [2.05, 4.69) is 6.92 Å². The minimum atomic E-state index is -0.408. The van der Waals surface area contributed by atoms with Crippen molar-refractivity contribution in [2.75, 3.05) is 19.7 Å². The van der Waals surface area contributed by atoms with E-state index in [9.17, 15) is 4.79 Å². The van der Waals surface area contributed by atoms with Crippen LogP contribution in [0.1, 0.15) is 34.1 Å². The Hall–Kier alpha value is -0.770. The molecule has 2 rings (SSSR count). The van der Waals surface area contributed by atoms with Crippen molar-refractivity contribution >= 4 is 6.09 Å². The summed E-state index contributed by atoms with van der Waals surface area (Å²) in [7, 11) is 0. The first-order chi connectivity index (χ1) is 7.30. The molecular formula is C12H21NO3. The summed E-state index contributed by atoms with van der Waals surface area (Å²) >= 11 is 0. The summed E-state index contributed by atoms with van der Waals surface area (Å²) in [5.41, 5.74) is -0.383. The van der Waals surface area contributed by atoms with Crippen LogP contribution in [-0.2, 0) is 9.47 Å². The molecule has 0 bridgehead atoms. The predicted octanol–water partition coefficient (Wildman–Crippen LogP) is 2.03. The van der Waals surface area contributed by atoms with Crippen LogP contribution in [-0.4, -0.2) is 41.9 Å². The largest absolute Gasteiger partial charge is 0.444 e. The number of rotatable bonds is 1. The Morgan fingerprint density at radius 2 is 2.12 bits per heavy atom. The fourth-order valence-corrected chi connectivity index (χ4v) is 2.10. The molecule has 0 spiro atoms. The van der Waals surface area contributed by atoms with E-state index in [1.54, 1.807) is 4.90 Å². The Bertz CT molecular complexity index is 291. The molecule has 2 fully saturated rings. The zero-order valence-electron chi connectivity index (χ0n) is 10.6. The molecule has 4 heteroatoms. The molecule has 2 aliphatic heterocycles. The number of ether oxygens (including phenoxy) is 2. The number of epoxide rings is 1. The van der Waals surface area contributed by atoms with Crippen LogP contribution in [0.2, 0.25) is 0 Å². The number of hydrogen-bond donors (Lipinski definition) is 0. The first-order valence-electron chi connectivity index (χ1n) is 5.92. The molecule has 2 aliphatic rings. The highest BCUT2D eigenvalue weighted by atomic mass is 16.6. The number of likely N-dealkylation sites (tertiary alicyclic amines) is 1. The second-order valence-electron chi connectivity index (χ2n) is 6.01. The van der Waals surface area contributed by atoms with E-state index in [0.29, 0.717) is 5.92 Å². The molecular weight excluding hydrogens is 206 g/mol. The van der Waals surface area contributed by atoms with Gasteiger partial charge in [0.2, 0.25) is 0 Å². The Morgan fingerprint density at radius 1 is 1.50 bits per heavy atom. The molecule has 2 saturated heterocycles. The van der Waals surface area contributed by atoms with Crippen molar-refractivity contribution in [3.05, 3.63) is 0 Å². The molecule has 0 radical (unpaired) electrons. The van der Waals surface area contributed by atoms with Gasteiger partial charge in [0.05, 0.1) is 12.2 Å². The summed E-state index contributed by atoms with van der Waals surface area (Å²) in [6, 6.07) is 0. The van der Waals surface area contributed by atoms with Crippen LogP contribution >= 0.6 is 0 Å². The molecule has 0 saturated carbocycles. The lowest BCUT2D eigenvalue weighted by Gasteiger charge is -2.24. The summed E-state index contributed by atoms with van der Waals surface area (Å²) < 4.78 is 10.8. The molecule has 0 aromatic carbocycles. The minimum absolute atomic E-state index is 0.0246. The smallest absolute Gasteiger partial charge is 0.410 e. The average Bonchev–Trinajstić information content (AvgIpc) is 2.71. The number of carbonyl (C=O) groups excluding carboxylic acids is 1. The van der Waals surface area contributed by atoms with E-state index >= 15 is 0 Å². The third-order valence-corrected chi connectivity index (χ3v) is 3.30. The Morgan fingerprint density at radius 3 is 2.62 bits per heavy atom. The molecule has 0 N–H and O–H groups in total. The first-order valence-corrected chi connectivity index (χ1v) is 5.92. The van der Waals surface area contributed by atoms with Crippen LogP contribution in [0.3, 0.4) is 0 Å². The second kappa shape index (κ2) is 3.62. The van der Waals surface area contributed by atoms with Crippen molar-refractivity contribution < 1.29 is 14.3 Å². The third-order valence-electron chi connectivity index (χ3n) is 3.30. The number of carbonyl (C=O) groups is 1. The summed E-state index contributed by atoms with van der Waals surface area (Å²) in [5.74, 6) is 0.472. The van der Waals surface area contributed by atoms with Gasteiger partial charge in [-0.3, -0.25) is 0 Å². The summed E-state index contributed by atoms with van der Waals surface area (Å²) in [6.07, 6.45) is 0.828. The van der Waals surface area contributed by atoms with E-state index in [-0.39, 0.29) is 11.7 Å². The van der Waals surface area contributed by atoms with Crippen molar-refractivity contribution in [1.29, 1.82) is 0 Å². The fraction of sp³-hybridized carbons (Fsp3) is 0.917. The van der Waals surface area contributed by atoms with Gasteiger partial charge in [-0.2, -0.15) is 0 Å². The zero-order valence-corrected chi connectivity index (χ0v) is 10.6. The van der Waals surface area contributed by atoms with E-state index in [0.717, 1.165) is 26.1 Å². The normalized spacial score (nSPS) is 34.0. The van der Waals surface area contributed by atoms with Gasteiger partial charge in [-0.25, -0.2) is 4.79 Å². The molecule has 0 aromatic heterocycles. The molecule has 0 aromatic rings. The van der Waals surface area contributed by atoms with Crippen LogP contribution < -0.4 is 0 Å². The van der Waals surface area contributed by atoms with Gasteiger partial charge in [0.1, 0.15) is 5.60 Å². The van der Waals surface area contributed by atoms with Crippen LogP contribution in [0.4, 0.5) is 4.79 Å². The van der Waals surface area contributed by atoms with Crippen LogP contribution in [0.15, 0.2) is 0 Å². The quantitative estimate of drug-likeness (QED) is 0.644. The SMILES string of the molecule is CC(C)(C)OC(=O)N1CCC(C2(C)CO2)C1. The van der Waals surface area contributed by atoms with Gasteiger partial charge >= 0.3 is 6.09 Å². The van der Waals surface area contributed by atoms with Crippen molar-refractivity contribution in [1.82, 2.24) is 4.90 Å². The molecule has 0 aliphatic carbocycles. The Kier molecular flexibility index (Phi) is 2.65. The first kappa shape index (κ1) is 11.7. The average molecular weight is 227 g/mol. The van der Waals surface area contributed by atoms with E-state index < -0.39 is 5.60 Å². The lowest BCUT2D eigenvalue weighted by Crippen LogP contribution is -2.36. The molecule has 4 nitrogen and oxygen atoms in total. The lowest BCUT2D eigenvalue weighted by molar-refractivity contribution is 0.0282. The number of amides is 1. The fourth-order valence-electron chi connectivity index (χ4n) is 2.10. The van der Waals surface area contributed by atoms with Gasteiger partial charge in [0, 0.05) is 19.0 Å². The summed E-state index contributed by atoms with van der Waals surface area (Å²) in [6.45, 7) is 10.2. The molecule has 2 unspecified atom stereocenters. The minimum Gasteiger partial charge on any atom is -0.444 e. The van der Waals surface area contributed by atoms with Crippen LogP contribution in [0, 0.1) is 5.92 Å². The molecule has 16 heavy (non-hydrogen) atoms. The third kappa shape index (κ3) is 2.48. The maximum atomic E-state index is 11.8. The highest BCUT2D eigenvalue weighted by Crippen LogP contribution is 2.40. The monoisotopic (exact) mass is 227 g/mol. The summed E-state index contributed by atoms with van der Waals surface area (Å²) in [4.78, 5) is 13.6. The van der Waals surface area contributed by atoms with Crippen molar-refractivity contribution in [2.45, 2.75) is 45.3 Å². The van der Waals surface area contributed by atoms with Crippen LogP contribution in [0.5, 0.6) is 0 Å². The van der Waals surface area contributed by atoms with Gasteiger partial charge in [-0.1, -0.05) is 0 Å². The van der Waals surface area contributed by atoms with Gasteiger partial charge < -0.3 is 14.4 Å². The van der Waals surface area contributed by atoms with Crippen LogP contribution in [0.25, 0.3) is 0 Å². The number of nitrogens with zero attached hydrogens (tertiary/aromatic N) is 1. The maximum Gasteiger partial charge on any atom is 0.410 e. The summed E-state index contributed by atoms with van der Waals surface area (Å²) in [5, 5.41) is 0. The molecule has 1 amide bonds. The Balaban J connectivity index is 1.86. The van der Waals surface area contributed by atoms with Crippen molar-refractivity contribution in [3.8, 4) is 0 Å². The second-order valence-corrected chi connectivity index (χ2v) is 6.01. The van der Waals surface area contributed by atoms with Gasteiger partial charge in [-0.15, -0.1) is 0 Å². The van der Waals surface area contributed by atoms with Gasteiger partial charge in [-0.05, 0) is 34.1 Å². The predicted molar refractivity (Wildman–Crippen MR) is 60.3 cm³/mol. The van der Waals surface area contributed by atoms with E-state index in [1.807, 2.05) is 20.8 Å². The van der Waals surface area contributed by atoms with E-state index in [1.165, 1.54) is 0 Å².